The van der Waals surface area contributed by atoms with Crippen LogP contribution in [-0.4, -0.2) is 17.6 Å². The molecule has 2 aromatic rings. The normalized spacial score (nSPS) is 16.0. The molecule has 0 unspecified atom stereocenters. The number of primary amides is 1. The third kappa shape index (κ3) is 2.69. The molecule has 24 heavy (non-hydrogen) atoms. The van der Waals surface area contributed by atoms with Gasteiger partial charge in [0, 0.05) is 16.5 Å². The molecule has 6 heteroatoms. The maximum Gasteiger partial charge on any atom is 0.252 e. The third-order valence-electron chi connectivity index (χ3n) is 4.34. The minimum atomic E-state index is -0.729. The van der Waals surface area contributed by atoms with Gasteiger partial charge in [-0.3, -0.25) is 4.79 Å². The number of amides is 1. The Balaban J connectivity index is 2.21. The number of halogens is 2. The van der Waals surface area contributed by atoms with Crippen molar-refractivity contribution in [2.75, 3.05) is 6.61 Å². The molecule has 0 spiro atoms. The van der Waals surface area contributed by atoms with Crippen LogP contribution < -0.4 is 10.5 Å². The summed E-state index contributed by atoms with van der Waals surface area (Å²) >= 11 is 6.00. The summed E-state index contributed by atoms with van der Waals surface area (Å²) in [5, 5.41) is 10.9. The zero-order chi connectivity index (χ0) is 17.4. The second-order valence-corrected chi connectivity index (χ2v) is 6.15. The van der Waals surface area contributed by atoms with E-state index in [2.05, 4.69) is 0 Å². The van der Waals surface area contributed by atoms with Gasteiger partial charge in [0.1, 0.15) is 17.3 Å². The SMILES string of the molecule is CCOc1ccc(C(N)=O)c(O)c1[C@@H]1CCc2c(F)cc(Cl)cc21. The highest BCUT2D eigenvalue weighted by molar-refractivity contribution is 6.30. The van der Waals surface area contributed by atoms with Crippen LogP contribution in [0.15, 0.2) is 24.3 Å². The van der Waals surface area contributed by atoms with Gasteiger partial charge < -0.3 is 15.6 Å². The molecule has 2 aromatic carbocycles. The van der Waals surface area contributed by atoms with Crippen LogP contribution in [0.4, 0.5) is 4.39 Å². The molecule has 126 valence electrons. The Hall–Kier alpha value is -2.27. The zero-order valence-corrected chi connectivity index (χ0v) is 13.9. The predicted molar refractivity (Wildman–Crippen MR) is 89.4 cm³/mol. The van der Waals surface area contributed by atoms with E-state index in [1.807, 2.05) is 6.92 Å². The summed E-state index contributed by atoms with van der Waals surface area (Å²) in [7, 11) is 0. The number of nitrogens with two attached hydrogens (primary N) is 1. The molecule has 3 rings (SSSR count). The average molecular weight is 350 g/mol. The van der Waals surface area contributed by atoms with Crippen LogP contribution in [0.1, 0.15) is 46.3 Å². The summed E-state index contributed by atoms with van der Waals surface area (Å²) in [6.07, 6.45) is 1.11. The average Bonchev–Trinajstić information content (AvgIpc) is 2.91. The molecular weight excluding hydrogens is 333 g/mol. The van der Waals surface area contributed by atoms with Gasteiger partial charge in [-0.15, -0.1) is 0 Å². The van der Waals surface area contributed by atoms with E-state index in [9.17, 15) is 14.3 Å². The van der Waals surface area contributed by atoms with E-state index >= 15 is 0 Å². The molecule has 0 fully saturated rings. The number of carbonyl (C=O) groups excluding carboxylic acids is 1. The predicted octanol–water partition coefficient (Wildman–Crippen LogP) is 3.76. The number of carbonyl (C=O) groups is 1. The highest BCUT2D eigenvalue weighted by Gasteiger charge is 2.32. The molecule has 0 bridgehead atoms. The first-order chi connectivity index (χ1) is 11.4. The summed E-state index contributed by atoms with van der Waals surface area (Å²) in [5.74, 6) is -1.16. The van der Waals surface area contributed by atoms with E-state index in [-0.39, 0.29) is 23.0 Å². The van der Waals surface area contributed by atoms with Crippen LogP contribution in [0.3, 0.4) is 0 Å². The van der Waals surface area contributed by atoms with Crippen molar-refractivity contribution < 1.29 is 19.0 Å². The van der Waals surface area contributed by atoms with E-state index < -0.39 is 5.91 Å². The van der Waals surface area contributed by atoms with Gasteiger partial charge in [-0.05, 0) is 55.2 Å². The molecule has 1 aliphatic rings. The fraction of sp³-hybridized carbons (Fsp3) is 0.278. The minimum absolute atomic E-state index is 0.0180. The van der Waals surface area contributed by atoms with E-state index in [0.717, 1.165) is 0 Å². The first kappa shape index (κ1) is 16.6. The van der Waals surface area contributed by atoms with Crippen molar-refractivity contribution in [3.05, 3.63) is 57.4 Å². The number of hydrogen-bond donors (Lipinski definition) is 2. The molecule has 1 atom stereocenters. The van der Waals surface area contributed by atoms with Gasteiger partial charge in [0.25, 0.3) is 5.91 Å². The van der Waals surface area contributed by atoms with Crippen molar-refractivity contribution in [2.24, 2.45) is 5.73 Å². The van der Waals surface area contributed by atoms with Crippen LogP contribution in [0, 0.1) is 5.82 Å². The lowest BCUT2D eigenvalue weighted by Gasteiger charge is -2.20. The van der Waals surface area contributed by atoms with Crippen molar-refractivity contribution in [1.82, 2.24) is 0 Å². The van der Waals surface area contributed by atoms with Crippen LogP contribution in [0.25, 0.3) is 0 Å². The van der Waals surface area contributed by atoms with Gasteiger partial charge in [0.2, 0.25) is 0 Å². The summed E-state index contributed by atoms with van der Waals surface area (Å²) in [5.41, 5.74) is 7.08. The van der Waals surface area contributed by atoms with E-state index in [1.165, 1.54) is 12.1 Å². The highest BCUT2D eigenvalue weighted by atomic mass is 35.5. The molecule has 0 aromatic heterocycles. The van der Waals surface area contributed by atoms with Crippen molar-refractivity contribution in [1.29, 1.82) is 0 Å². The van der Waals surface area contributed by atoms with Crippen molar-refractivity contribution in [3.8, 4) is 11.5 Å². The minimum Gasteiger partial charge on any atom is -0.507 e. The van der Waals surface area contributed by atoms with E-state index in [0.29, 0.717) is 46.9 Å². The number of fused-ring (bicyclic) bond motifs is 1. The Kier molecular flexibility index (Phi) is 4.37. The molecule has 0 saturated carbocycles. The van der Waals surface area contributed by atoms with Gasteiger partial charge in [-0.1, -0.05) is 11.6 Å². The van der Waals surface area contributed by atoms with Crippen LogP contribution >= 0.6 is 11.6 Å². The lowest BCUT2D eigenvalue weighted by Crippen LogP contribution is -2.13. The lowest BCUT2D eigenvalue weighted by atomic mass is 9.89. The fourth-order valence-electron chi connectivity index (χ4n) is 3.35. The van der Waals surface area contributed by atoms with Gasteiger partial charge in [-0.25, -0.2) is 4.39 Å². The summed E-state index contributed by atoms with van der Waals surface area (Å²) < 4.78 is 19.7. The van der Waals surface area contributed by atoms with Gasteiger partial charge in [-0.2, -0.15) is 0 Å². The molecule has 0 heterocycles. The maximum absolute atomic E-state index is 14.1. The van der Waals surface area contributed by atoms with E-state index in [1.54, 1.807) is 12.1 Å². The van der Waals surface area contributed by atoms with Gasteiger partial charge >= 0.3 is 0 Å². The molecule has 1 amide bonds. The van der Waals surface area contributed by atoms with Gasteiger partial charge in [0.05, 0.1) is 12.2 Å². The second kappa shape index (κ2) is 6.32. The Morgan fingerprint density at radius 1 is 1.46 bits per heavy atom. The Morgan fingerprint density at radius 3 is 2.88 bits per heavy atom. The molecule has 0 radical (unpaired) electrons. The number of rotatable bonds is 4. The Labute approximate surface area is 144 Å². The quantitative estimate of drug-likeness (QED) is 0.882. The van der Waals surface area contributed by atoms with Gasteiger partial charge in [0.15, 0.2) is 0 Å². The number of ether oxygens (including phenoxy) is 1. The zero-order valence-electron chi connectivity index (χ0n) is 13.1. The smallest absolute Gasteiger partial charge is 0.252 e. The highest BCUT2D eigenvalue weighted by Crippen LogP contribution is 2.47. The largest absolute Gasteiger partial charge is 0.507 e. The number of aromatic hydroxyl groups is 1. The number of benzene rings is 2. The molecular formula is C18H17ClFNO3. The standard InChI is InChI=1S/C18H17ClFNO3/c1-2-24-15-6-5-12(18(21)23)17(22)16(15)11-4-3-10-13(11)7-9(19)8-14(10)20/h5-8,11,22H,2-4H2,1H3,(H2,21,23)/t11-/m1/s1. The third-order valence-corrected chi connectivity index (χ3v) is 4.56. The van der Waals surface area contributed by atoms with Crippen LogP contribution in [0.2, 0.25) is 5.02 Å². The maximum atomic E-state index is 14.1. The van der Waals surface area contributed by atoms with Crippen molar-refractivity contribution in [3.63, 3.8) is 0 Å². The summed E-state index contributed by atoms with van der Waals surface area (Å²) in [4.78, 5) is 11.6. The molecule has 1 aliphatic carbocycles. The van der Waals surface area contributed by atoms with E-state index in [4.69, 9.17) is 22.1 Å². The molecule has 0 saturated heterocycles. The lowest BCUT2D eigenvalue weighted by molar-refractivity contribution is 0.0997. The summed E-state index contributed by atoms with van der Waals surface area (Å²) in [6, 6.07) is 6.02. The fourth-order valence-corrected chi connectivity index (χ4v) is 3.56. The monoisotopic (exact) mass is 349 g/mol. The van der Waals surface area contributed by atoms with Crippen LogP contribution in [0.5, 0.6) is 11.5 Å². The Morgan fingerprint density at radius 2 is 2.21 bits per heavy atom. The first-order valence-corrected chi connectivity index (χ1v) is 8.08. The molecule has 0 aliphatic heterocycles. The first-order valence-electron chi connectivity index (χ1n) is 7.70. The topological polar surface area (TPSA) is 72.5 Å². The molecule has 4 nitrogen and oxygen atoms in total. The number of phenols is 1. The summed E-state index contributed by atoms with van der Waals surface area (Å²) in [6.45, 7) is 2.22. The second-order valence-electron chi connectivity index (χ2n) is 5.72. The van der Waals surface area contributed by atoms with Crippen molar-refractivity contribution >= 4 is 17.5 Å². The number of hydrogen-bond acceptors (Lipinski definition) is 3. The molecule has 3 N–H and O–H groups in total. The Bertz CT molecular complexity index is 822. The van der Waals surface area contributed by atoms with Crippen LogP contribution in [-0.2, 0) is 6.42 Å². The van der Waals surface area contributed by atoms with Crippen molar-refractivity contribution in [2.45, 2.75) is 25.7 Å².